The Morgan fingerprint density at radius 1 is 0.857 bits per heavy atom. The third-order valence-corrected chi connectivity index (χ3v) is 2.10. The van der Waals surface area contributed by atoms with Crippen LogP contribution in [0.3, 0.4) is 0 Å². The molecule has 0 saturated carbocycles. The van der Waals surface area contributed by atoms with Crippen molar-refractivity contribution in [1.82, 2.24) is 4.90 Å². The second-order valence-electron chi connectivity index (χ2n) is 3.34. The summed E-state index contributed by atoms with van der Waals surface area (Å²) in [5.74, 6) is 0. The van der Waals surface area contributed by atoms with Gasteiger partial charge in [0.1, 0.15) is 0 Å². The Hall–Kier alpha value is -0.0800. The van der Waals surface area contributed by atoms with Gasteiger partial charge in [0.05, 0.1) is 0 Å². The largest absolute Gasteiger partial charge is 0.329 e. The van der Waals surface area contributed by atoms with Gasteiger partial charge in [-0.1, -0.05) is 40.5 Å². The molecule has 88 valence electrons. The van der Waals surface area contributed by atoms with Crippen LogP contribution in [-0.2, 0) is 0 Å². The van der Waals surface area contributed by atoms with Crippen molar-refractivity contribution in [3.63, 3.8) is 0 Å². The van der Waals surface area contributed by atoms with Crippen molar-refractivity contribution < 1.29 is 0 Å². The Morgan fingerprint density at radius 2 is 1.29 bits per heavy atom. The third kappa shape index (κ3) is 11.9. The van der Waals surface area contributed by atoms with E-state index in [-0.39, 0.29) is 0 Å². The van der Waals surface area contributed by atoms with Gasteiger partial charge in [-0.3, -0.25) is 0 Å². The van der Waals surface area contributed by atoms with Crippen molar-refractivity contribution in [2.75, 3.05) is 26.2 Å². The van der Waals surface area contributed by atoms with Gasteiger partial charge in [0.15, 0.2) is 0 Å². The van der Waals surface area contributed by atoms with Gasteiger partial charge < -0.3 is 10.6 Å². The summed E-state index contributed by atoms with van der Waals surface area (Å²) >= 11 is 0. The third-order valence-electron chi connectivity index (χ3n) is 2.10. The predicted octanol–water partition coefficient (Wildman–Crippen LogP) is 2.87. The monoisotopic (exact) mass is 202 g/mol. The molecule has 0 atom stereocenters. The smallest absolute Gasteiger partial charge is 0.0105 e. The average Bonchev–Trinajstić information content (AvgIpc) is 2.25. The van der Waals surface area contributed by atoms with Crippen LogP contribution >= 0.6 is 0 Å². The molecular formula is C12H30N2. The zero-order valence-corrected chi connectivity index (χ0v) is 10.7. The van der Waals surface area contributed by atoms with E-state index in [2.05, 4.69) is 18.7 Å². The average molecular weight is 202 g/mol. The van der Waals surface area contributed by atoms with E-state index in [0.29, 0.717) is 0 Å². The molecule has 14 heavy (non-hydrogen) atoms. The normalized spacial score (nSPS) is 9.86. The second kappa shape index (κ2) is 15.4. The van der Waals surface area contributed by atoms with Gasteiger partial charge in [-0.05, 0) is 25.9 Å². The molecule has 0 heterocycles. The summed E-state index contributed by atoms with van der Waals surface area (Å²) in [7, 11) is 0. The first-order valence-electron chi connectivity index (χ1n) is 6.27. The number of hydrogen-bond donors (Lipinski definition) is 1. The van der Waals surface area contributed by atoms with Crippen molar-refractivity contribution in [1.29, 1.82) is 0 Å². The van der Waals surface area contributed by atoms with Gasteiger partial charge in [-0.2, -0.15) is 0 Å². The Morgan fingerprint density at radius 3 is 1.57 bits per heavy atom. The van der Waals surface area contributed by atoms with Crippen LogP contribution in [0.25, 0.3) is 0 Å². The van der Waals surface area contributed by atoms with E-state index in [1.807, 2.05) is 13.8 Å². The Bertz CT molecular complexity index is 76.4. The minimum atomic E-state index is 0.799. The Labute approximate surface area is 90.9 Å². The fourth-order valence-electron chi connectivity index (χ4n) is 1.28. The van der Waals surface area contributed by atoms with Gasteiger partial charge in [0, 0.05) is 13.1 Å². The maximum absolute atomic E-state index is 5.53. The second-order valence-corrected chi connectivity index (χ2v) is 3.34. The number of rotatable bonds is 8. The lowest BCUT2D eigenvalue weighted by Crippen LogP contribution is -2.31. The molecule has 0 aliphatic rings. The van der Waals surface area contributed by atoms with Crippen molar-refractivity contribution in [3.05, 3.63) is 0 Å². The summed E-state index contributed by atoms with van der Waals surface area (Å²) < 4.78 is 0. The molecule has 2 nitrogen and oxygen atoms in total. The fourth-order valence-corrected chi connectivity index (χ4v) is 1.28. The van der Waals surface area contributed by atoms with E-state index in [9.17, 15) is 0 Å². The fraction of sp³-hybridized carbons (Fsp3) is 1.00. The number of unbranched alkanes of at least 4 members (excludes halogenated alkanes) is 2. The molecule has 0 aromatic heterocycles. The highest BCUT2D eigenvalue weighted by molar-refractivity contribution is 4.57. The summed E-state index contributed by atoms with van der Waals surface area (Å²) in [6.45, 7) is 12.8. The molecule has 0 aromatic carbocycles. The van der Waals surface area contributed by atoms with E-state index < -0.39 is 0 Å². The Balaban J connectivity index is 0. The van der Waals surface area contributed by atoms with Crippen molar-refractivity contribution in [2.24, 2.45) is 5.73 Å². The highest BCUT2D eigenvalue weighted by Gasteiger charge is 2.00. The molecule has 2 heteroatoms. The molecule has 0 amide bonds. The molecule has 0 fully saturated rings. The molecular weight excluding hydrogens is 172 g/mol. The lowest BCUT2D eigenvalue weighted by atomic mass is 10.2. The zero-order chi connectivity index (χ0) is 11.2. The first-order chi connectivity index (χ1) is 6.85. The first-order valence-corrected chi connectivity index (χ1v) is 6.27. The van der Waals surface area contributed by atoms with Crippen LogP contribution in [0.2, 0.25) is 0 Å². The van der Waals surface area contributed by atoms with Crippen molar-refractivity contribution in [2.45, 2.75) is 53.4 Å². The molecule has 2 N–H and O–H groups in total. The van der Waals surface area contributed by atoms with Crippen LogP contribution in [0.15, 0.2) is 0 Å². The van der Waals surface area contributed by atoms with E-state index in [1.54, 1.807) is 0 Å². The van der Waals surface area contributed by atoms with E-state index >= 15 is 0 Å². The van der Waals surface area contributed by atoms with E-state index in [0.717, 1.165) is 13.1 Å². The predicted molar refractivity (Wildman–Crippen MR) is 66.7 cm³/mol. The van der Waals surface area contributed by atoms with Crippen LogP contribution in [0.5, 0.6) is 0 Å². The molecule has 0 aliphatic carbocycles. The van der Waals surface area contributed by atoms with Crippen LogP contribution in [-0.4, -0.2) is 31.1 Å². The molecule has 0 aromatic rings. The number of nitrogens with two attached hydrogens (primary N) is 1. The molecule has 0 bridgehead atoms. The van der Waals surface area contributed by atoms with Gasteiger partial charge in [0.2, 0.25) is 0 Å². The zero-order valence-electron chi connectivity index (χ0n) is 10.7. The number of hydrogen-bond acceptors (Lipinski definition) is 2. The summed E-state index contributed by atoms with van der Waals surface area (Å²) in [5, 5.41) is 0. The standard InChI is InChI=1S/C10H24N2.C2H6/c1-3-5-8-12(10-7-11)9-6-4-2;1-2/h3-11H2,1-2H3;1-2H3. The van der Waals surface area contributed by atoms with E-state index in [4.69, 9.17) is 5.73 Å². The first kappa shape index (κ1) is 16.4. The maximum atomic E-state index is 5.53. The SMILES string of the molecule is CC.CCCCN(CCN)CCCC. The summed E-state index contributed by atoms with van der Waals surface area (Å²) in [6, 6.07) is 0. The highest BCUT2D eigenvalue weighted by Crippen LogP contribution is 1.97. The molecule has 0 rings (SSSR count). The van der Waals surface area contributed by atoms with Crippen LogP contribution in [0, 0.1) is 0 Å². The minimum Gasteiger partial charge on any atom is -0.329 e. The summed E-state index contributed by atoms with van der Waals surface area (Å²) in [5.41, 5.74) is 5.53. The number of nitrogens with zero attached hydrogens (tertiary/aromatic N) is 1. The minimum absolute atomic E-state index is 0.799. The Kier molecular flexibility index (Phi) is 18.0. The van der Waals surface area contributed by atoms with Gasteiger partial charge in [-0.25, -0.2) is 0 Å². The molecule has 0 spiro atoms. The molecule has 0 aliphatic heterocycles. The van der Waals surface area contributed by atoms with Gasteiger partial charge in [-0.15, -0.1) is 0 Å². The maximum Gasteiger partial charge on any atom is 0.0105 e. The van der Waals surface area contributed by atoms with Crippen LogP contribution < -0.4 is 5.73 Å². The summed E-state index contributed by atoms with van der Waals surface area (Å²) in [4.78, 5) is 2.48. The highest BCUT2D eigenvalue weighted by atomic mass is 15.1. The van der Waals surface area contributed by atoms with Crippen LogP contribution in [0.1, 0.15) is 53.4 Å². The lowest BCUT2D eigenvalue weighted by Gasteiger charge is -2.20. The van der Waals surface area contributed by atoms with Crippen LogP contribution in [0.4, 0.5) is 0 Å². The van der Waals surface area contributed by atoms with Crippen molar-refractivity contribution in [3.8, 4) is 0 Å². The topological polar surface area (TPSA) is 29.3 Å². The quantitative estimate of drug-likeness (QED) is 0.656. The molecule has 0 unspecified atom stereocenters. The van der Waals surface area contributed by atoms with Gasteiger partial charge in [0.25, 0.3) is 0 Å². The van der Waals surface area contributed by atoms with Gasteiger partial charge >= 0.3 is 0 Å². The van der Waals surface area contributed by atoms with E-state index in [1.165, 1.54) is 38.8 Å². The summed E-state index contributed by atoms with van der Waals surface area (Å²) in [6.07, 6.45) is 5.19. The lowest BCUT2D eigenvalue weighted by molar-refractivity contribution is 0.272. The van der Waals surface area contributed by atoms with Crippen molar-refractivity contribution >= 4 is 0 Å². The molecule has 0 radical (unpaired) electrons. The molecule has 0 saturated heterocycles.